The molecule has 1 aromatic rings. The van der Waals surface area contributed by atoms with Crippen molar-refractivity contribution in [3.8, 4) is 5.75 Å². The molecule has 0 saturated carbocycles. The number of ether oxygens (including phenoxy) is 1. The van der Waals surface area contributed by atoms with Crippen LogP contribution in [-0.4, -0.2) is 31.5 Å². The molecule has 0 radical (unpaired) electrons. The molecule has 0 aliphatic rings. The minimum absolute atomic E-state index is 0.0237. The van der Waals surface area contributed by atoms with Gasteiger partial charge in [0.2, 0.25) is 11.8 Å². The second-order valence-corrected chi connectivity index (χ2v) is 5.52. The molecule has 1 aromatic carbocycles. The molecule has 0 saturated heterocycles. The summed E-state index contributed by atoms with van der Waals surface area (Å²) in [6.07, 6.45) is 0. The van der Waals surface area contributed by atoms with Gasteiger partial charge in [0.15, 0.2) is 0 Å². The minimum atomic E-state index is -0.612. The largest absolute Gasteiger partial charge is 0.496 e. The Labute approximate surface area is 131 Å². The second-order valence-electron chi connectivity index (χ2n) is 5.52. The molecule has 6 nitrogen and oxygen atoms in total. The summed E-state index contributed by atoms with van der Waals surface area (Å²) in [4.78, 5) is 23.6. The van der Waals surface area contributed by atoms with E-state index >= 15 is 0 Å². The van der Waals surface area contributed by atoms with Crippen LogP contribution in [0.2, 0.25) is 0 Å². The molecular formula is C16H25N3O3. The van der Waals surface area contributed by atoms with E-state index in [9.17, 15) is 9.59 Å². The van der Waals surface area contributed by atoms with E-state index in [1.54, 1.807) is 7.11 Å². The smallest absolute Gasteiger partial charge is 0.239 e. The maximum atomic E-state index is 11.9. The molecule has 1 unspecified atom stereocenters. The molecular weight excluding hydrogens is 282 g/mol. The third-order valence-electron chi connectivity index (χ3n) is 3.43. The van der Waals surface area contributed by atoms with Gasteiger partial charge in [-0.1, -0.05) is 32.0 Å². The molecule has 0 bridgehead atoms. The topological polar surface area (TPSA) is 93.5 Å². The number of benzene rings is 1. The Bertz CT molecular complexity index is 517. The molecule has 0 spiro atoms. The van der Waals surface area contributed by atoms with E-state index in [0.717, 1.165) is 5.56 Å². The number of nitrogens with one attached hydrogen (secondary N) is 2. The lowest BCUT2D eigenvalue weighted by molar-refractivity contribution is -0.127. The summed E-state index contributed by atoms with van der Waals surface area (Å²) in [5.41, 5.74) is 6.59. The molecule has 0 aliphatic heterocycles. The van der Waals surface area contributed by atoms with Crippen LogP contribution in [0.3, 0.4) is 0 Å². The lowest BCUT2D eigenvalue weighted by Crippen LogP contribution is -2.47. The number of rotatable bonds is 7. The minimum Gasteiger partial charge on any atom is -0.496 e. The van der Waals surface area contributed by atoms with E-state index in [2.05, 4.69) is 10.6 Å². The molecule has 0 aromatic heterocycles. The molecule has 6 heteroatoms. The van der Waals surface area contributed by atoms with Gasteiger partial charge in [0.1, 0.15) is 5.75 Å². The first-order valence-corrected chi connectivity index (χ1v) is 7.32. The summed E-state index contributed by atoms with van der Waals surface area (Å²) in [7, 11) is 1.58. The van der Waals surface area contributed by atoms with Gasteiger partial charge in [0.05, 0.1) is 25.7 Å². The van der Waals surface area contributed by atoms with Gasteiger partial charge in [-0.25, -0.2) is 0 Å². The first kappa shape index (κ1) is 18.0. The van der Waals surface area contributed by atoms with Crippen molar-refractivity contribution in [3.05, 3.63) is 29.8 Å². The summed E-state index contributed by atoms with van der Waals surface area (Å²) in [6.45, 7) is 5.47. The highest BCUT2D eigenvalue weighted by molar-refractivity contribution is 5.87. The summed E-state index contributed by atoms with van der Waals surface area (Å²) in [5.74, 6) is 0.134. The van der Waals surface area contributed by atoms with Gasteiger partial charge in [-0.05, 0) is 18.9 Å². The fourth-order valence-corrected chi connectivity index (χ4v) is 1.98. The van der Waals surface area contributed by atoms with Gasteiger partial charge in [0.25, 0.3) is 0 Å². The Balaban J connectivity index is 2.53. The van der Waals surface area contributed by atoms with E-state index in [-0.39, 0.29) is 30.3 Å². The molecule has 1 rings (SSSR count). The number of nitrogens with two attached hydrogens (primary N) is 1. The van der Waals surface area contributed by atoms with Crippen LogP contribution in [0.1, 0.15) is 32.4 Å². The standard InChI is InChI=1S/C16H25N3O3/c1-10(2)15(17)16(21)18-9-14(20)19-11(3)12-7-5-6-8-13(12)22-4/h5-8,10-11,15H,9,17H2,1-4H3,(H,18,21)(H,19,20)/t11?,15-/m0/s1. The normalized spacial score (nSPS) is 13.4. The van der Waals surface area contributed by atoms with Crippen LogP contribution >= 0.6 is 0 Å². The van der Waals surface area contributed by atoms with Crippen LogP contribution in [0, 0.1) is 5.92 Å². The van der Waals surface area contributed by atoms with E-state index < -0.39 is 6.04 Å². The monoisotopic (exact) mass is 307 g/mol. The average molecular weight is 307 g/mol. The maximum absolute atomic E-state index is 11.9. The predicted molar refractivity (Wildman–Crippen MR) is 85.4 cm³/mol. The number of hydrogen-bond acceptors (Lipinski definition) is 4. The Kier molecular flexibility index (Phi) is 6.85. The van der Waals surface area contributed by atoms with Gasteiger partial charge in [-0.2, -0.15) is 0 Å². The van der Waals surface area contributed by atoms with E-state index in [4.69, 9.17) is 10.5 Å². The lowest BCUT2D eigenvalue weighted by Gasteiger charge is -2.18. The van der Waals surface area contributed by atoms with Gasteiger partial charge in [0, 0.05) is 5.56 Å². The number of para-hydroxylation sites is 1. The fraction of sp³-hybridized carbons (Fsp3) is 0.500. The molecule has 0 heterocycles. The highest BCUT2D eigenvalue weighted by Gasteiger charge is 2.18. The van der Waals surface area contributed by atoms with Gasteiger partial charge < -0.3 is 21.1 Å². The van der Waals surface area contributed by atoms with Crippen LogP contribution < -0.4 is 21.1 Å². The zero-order valence-electron chi connectivity index (χ0n) is 13.6. The van der Waals surface area contributed by atoms with Crippen molar-refractivity contribution in [1.29, 1.82) is 0 Å². The fourth-order valence-electron chi connectivity index (χ4n) is 1.98. The summed E-state index contributed by atoms with van der Waals surface area (Å²) < 4.78 is 5.27. The molecule has 22 heavy (non-hydrogen) atoms. The third kappa shape index (κ3) is 5.04. The van der Waals surface area contributed by atoms with Crippen molar-refractivity contribution in [3.63, 3.8) is 0 Å². The van der Waals surface area contributed by atoms with Crippen molar-refractivity contribution in [1.82, 2.24) is 10.6 Å². The molecule has 0 aliphatic carbocycles. The number of carbonyl (C=O) groups is 2. The maximum Gasteiger partial charge on any atom is 0.239 e. The van der Waals surface area contributed by atoms with Gasteiger partial charge >= 0.3 is 0 Å². The highest BCUT2D eigenvalue weighted by atomic mass is 16.5. The molecule has 122 valence electrons. The Morgan fingerprint density at radius 2 is 1.86 bits per heavy atom. The quantitative estimate of drug-likeness (QED) is 0.700. The Morgan fingerprint density at radius 1 is 1.23 bits per heavy atom. The second kappa shape index (κ2) is 8.38. The number of amides is 2. The predicted octanol–water partition coefficient (Wildman–Crippen LogP) is 0.972. The van der Waals surface area contributed by atoms with Gasteiger partial charge in [-0.3, -0.25) is 9.59 Å². The van der Waals surface area contributed by atoms with Crippen LogP contribution in [0.5, 0.6) is 5.75 Å². The SMILES string of the molecule is COc1ccccc1C(C)NC(=O)CNC(=O)[C@@H](N)C(C)C. The number of hydrogen-bond donors (Lipinski definition) is 3. The van der Waals surface area contributed by atoms with Crippen molar-refractivity contribution in [2.45, 2.75) is 32.9 Å². The van der Waals surface area contributed by atoms with Crippen LogP contribution in [0.25, 0.3) is 0 Å². The van der Waals surface area contributed by atoms with Gasteiger partial charge in [-0.15, -0.1) is 0 Å². The molecule has 2 amide bonds. The molecule has 2 atom stereocenters. The van der Waals surface area contributed by atoms with Crippen molar-refractivity contribution < 1.29 is 14.3 Å². The number of methoxy groups -OCH3 is 1. The first-order valence-electron chi connectivity index (χ1n) is 7.32. The lowest BCUT2D eigenvalue weighted by atomic mass is 10.1. The van der Waals surface area contributed by atoms with Crippen LogP contribution in [0.15, 0.2) is 24.3 Å². The molecule has 4 N–H and O–H groups in total. The number of carbonyl (C=O) groups excluding carboxylic acids is 2. The third-order valence-corrected chi connectivity index (χ3v) is 3.43. The average Bonchev–Trinajstić information content (AvgIpc) is 2.51. The summed E-state index contributed by atoms with van der Waals surface area (Å²) in [5, 5.41) is 5.36. The zero-order valence-corrected chi connectivity index (χ0v) is 13.6. The van der Waals surface area contributed by atoms with E-state index in [0.29, 0.717) is 5.75 Å². The first-order chi connectivity index (χ1) is 10.4. The summed E-state index contributed by atoms with van der Waals surface area (Å²) in [6, 6.07) is 6.63. The van der Waals surface area contributed by atoms with E-state index in [1.807, 2.05) is 45.0 Å². The van der Waals surface area contributed by atoms with Crippen molar-refractivity contribution >= 4 is 11.8 Å². The molecule has 0 fully saturated rings. The zero-order chi connectivity index (χ0) is 16.7. The highest BCUT2D eigenvalue weighted by Crippen LogP contribution is 2.23. The Hall–Kier alpha value is -2.08. The van der Waals surface area contributed by atoms with Crippen molar-refractivity contribution in [2.75, 3.05) is 13.7 Å². The summed E-state index contributed by atoms with van der Waals surface area (Å²) >= 11 is 0. The van der Waals surface area contributed by atoms with E-state index in [1.165, 1.54) is 0 Å². The van der Waals surface area contributed by atoms with Crippen LogP contribution in [-0.2, 0) is 9.59 Å². The van der Waals surface area contributed by atoms with Crippen molar-refractivity contribution in [2.24, 2.45) is 11.7 Å². The van der Waals surface area contributed by atoms with Crippen LogP contribution in [0.4, 0.5) is 0 Å². The Morgan fingerprint density at radius 3 is 2.45 bits per heavy atom.